The normalized spacial score (nSPS) is 10.6. The molecule has 0 aliphatic rings. The molecular formula is C14H14Br4O7. The highest BCUT2D eigenvalue weighted by Crippen LogP contribution is 2.42. The van der Waals surface area contributed by atoms with Crippen LogP contribution in [0.15, 0.2) is 17.9 Å². The van der Waals surface area contributed by atoms with E-state index in [9.17, 15) is 9.59 Å². The number of ether oxygens (including phenoxy) is 3. The lowest BCUT2D eigenvalue weighted by molar-refractivity contribution is 0.0249. The van der Waals surface area contributed by atoms with Gasteiger partial charge in [-0.1, -0.05) is 0 Å². The van der Waals surface area contributed by atoms with Gasteiger partial charge in [0.15, 0.2) is 0 Å². The van der Waals surface area contributed by atoms with Crippen LogP contribution in [-0.4, -0.2) is 61.8 Å². The zero-order valence-electron chi connectivity index (χ0n) is 12.7. The van der Waals surface area contributed by atoms with Crippen molar-refractivity contribution in [2.75, 3.05) is 39.6 Å². The van der Waals surface area contributed by atoms with E-state index < -0.39 is 11.9 Å². The molecule has 2 N–H and O–H groups in total. The average molecular weight is 614 g/mol. The lowest BCUT2D eigenvalue weighted by Gasteiger charge is -2.16. The summed E-state index contributed by atoms with van der Waals surface area (Å²) in [4.78, 5) is 24.7. The highest BCUT2D eigenvalue weighted by atomic mass is 79.9. The number of aliphatic hydroxyl groups is 2. The van der Waals surface area contributed by atoms with Crippen LogP contribution in [0.3, 0.4) is 0 Å². The molecule has 0 spiro atoms. The number of rotatable bonds is 9. The summed E-state index contributed by atoms with van der Waals surface area (Å²) < 4.78 is 16.6. The van der Waals surface area contributed by atoms with Gasteiger partial charge in [-0.25, -0.2) is 9.59 Å². The van der Waals surface area contributed by atoms with Crippen LogP contribution >= 0.6 is 63.7 Å². The molecule has 0 fully saturated rings. The zero-order valence-corrected chi connectivity index (χ0v) is 19.0. The number of hydrogen-bond donors (Lipinski definition) is 2. The fourth-order valence-electron chi connectivity index (χ4n) is 1.66. The van der Waals surface area contributed by atoms with Gasteiger partial charge in [0.1, 0.15) is 13.2 Å². The van der Waals surface area contributed by atoms with Crippen LogP contribution in [0, 0.1) is 0 Å². The molecule has 1 rings (SSSR count). The summed E-state index contributed by atoms with van der Waals surface area (Å²) in [5.41, 5.74) is -0.0799. The molecule has 0 radical (unpaired) electrons. The lowest BCUT2D eigenvalue weighted by Crippen LogP contribution is -2.19. The van der Waals surface area contributed by atoms with Gasteiger partial charge in [-0.15, -0.1) is 0 Å². The molecule has 25 heavy (non-hydrogen) atoms. The second-order valence-corrected chi connectivity index (χ2v) is 7.51. The maximum absolute atomic E-state index is 12.4. The van der Waals surface area contributed by atoms with Gasteiger partial charge in [-0.2, -0.15) is 0 Å². The number of aliphatic hydroxyl groups excluding tert-OH is 2. The largest absolute Gasteiger partial charge is 0.460 e. The molecule has 1 aromatic rings. The average Bonchev–Trinajstić information content (AvgIpc) is 2.60. The predicted octanol–water partition coefficient (Wildman–Crippen LogP) is 3.05. The van der Waals surface area contributed by atoms with Crippen LogP contribution in [0.1, 0.15) is 20.7 Å². The first-order valence-electron chi connectivity index (χ1n) is 6.86. The lowest BCUT2D eigenvalue weighted by atomic mass is 10.1. The molecule has 0 unspecified atom stereocenters. The van der Waals surface area contributed by atoms with Crippen LogP contribution in [0.4, 0.5) is 0 Å². The quantitative estimate of drug-likeness (QED) is 0.191. The first-order chi connectivity index (χ1) is 11.9. The van der Waals surface area contributed by atoms with E-state index in [2.05, 4.69) is 63.7 Å². The van der Waals surface area contributed by atoms with Crippen LogP contribution in [0.5, 0.6) is 0 Å². The van der Waals surface area contributed by atoms with E-state index in [4.69, 9.17) is 24.4 Å². The Hall–Kier alpha value is -0.0400. The zero-order chi connectivity index (χ0) is 19.0. The Balaban J connectivity index is 3.14. The van der Waals surface area contributed by atoms with Crippen LogP contribution in [0.2, 0.25) is 0 Å². The summed E-state index contributed by atoms with van der Waals surface area (Å²) in [6.45, 7) is -0.499. The summed E-state index contributed by atoms with van der Waals surface area (Å²) in [6.07, 6.45) is 0. The topological polar surface area (TPSA) is 102 Å². The van der Waals surface area contributed by atoms with E-state index in [0.29, 0.717) is 17.9 Å². The van der Waals surface area contributed by atoms with Crippen molar-refractivity contribution >= 4 is 75.7 Å². The fourth-order valence-corrected chi connectivity index (χ4v) is 4.10. The number of hydrogen-bond acceptors (Lipinski definition) is 7. The van der Waals surface area contributed by atoms with E-state index >= 15 is 0 Å². The molecule has 0 amide bonds. The van der Waals surface area contributed by atoms with E-state index in [1.165, 1.54) is 0 Å². The molecule has 0 aromatic heterocycles. The van der Waals surface area contributed by atoms with Crippen molar-refractivity contribution in [3.8, 4) is 0 Å². The Labute approximate surface area is 177 Å². The van der Waals surface area contributed by atoms with Crippen molar-refractivity contribution in [1.29, 1.82) is 0 Å². The SMILES string of the molecule is O=C(OCCO)c1c(Br)c(Br)c(Br)c(Br)c1C(=O)OCCOCCO. The van der Waals surface area contributed by atoms with Crippen molar-refractivity contribution in [3.05, 3.63) is 29.0 Å². The number of benzene rings is 1. The minimum Gasteiger partial charge on any atom is -0.460 e. The summed E-state index contributed by atoms with van der Waals surface area (Å²) in [5, 5.41) is 17.4. The van der Waals surface area contributed by atoms with E-state index in [-0.39, 0.29) is 50.8 Å². The highest BCUT2D eigenvalue weighted by Gasteiger charge is 2.29. The van der Waals surface area contributed by atoms with Gasteiger partial charge in [-0.3, -0.25) is 0 Å². The van der Waals surface area contributed by atoms with Crippen molar-refractivity contribution < 1.29 is 34.0 Å². The van der Waals surface area contributed by atoms with Crippen LogP contribution in [-0.2, 0) is 14.2 Å². The minimum absolute atomic E-state index is 0.0351. The molecule has 0 saturated heterocycles. The molecule has 0 bridgehead atoms. The molecule has 0 atom stereocenters. The summed E-state index contributed by atoms with van der Waals surface area (Å²) in [6, 6.07) is 0. The second-order valence-electron chi connectivity index (χ2n) is 4.34. The molecular weight excluding hydrogens is 600 g/mol. The van der Waals surface area contributed by atoms with E-state index in [1.807, 2.05) is 0 Å². The number of halogens is 4. The van der Waals surface area contributed by atoms with Gasteiger partial charge in [-0.05, 0) is 63.7 Å². The Morgan fingerprint density at radius 3 is 1.56 bits per heavy atom. The Kier molecular flexibility index (Phi) is 10.7. The molecule has 0 heterocycles. The molecule has 140 valence electrons. The maximum atomic E-state index is 12.4. The van der Waals surface area contributed by atoms with Crippen molar-refractivity contribution in [1.82, 2.24) is 0 Å². The van der Waals surface area contributed by atoms with E-state index in [0.717, 1.165) is 0 Å². The van der Waals surface area contributed by atoms with Crippen LogP contribution in [0.25, 0.3) is 0 Å². The molecule has 11 heteroatoms. The van der Waals surface area contributed by atoms with Gasteiger partial charge in [0, 0.05) is 17.9 Å². The highest BCUT2D eigenvalue weighted by molar-refractivity contribution is 9.15. The molecule has 1 aromatic carbocycles. The molecule has 0 aliphatic heterocycles. The maximum Gasteiger partial charge on any atom is 0.340 e. The molecule has 0 aliphatic carbocycles. The standard InChI is InChI=1S/C14H14Br4O7/c15-9-7(13(21)24-4-2-20)8(10(16)12(18)11(9)17)14(22)25-6-5-23-3-1-19/h19-20H,1-6H2. The summed E-state index contributed by atoms with van der Waals surface area (Å²) in [7, 11) is 0. The molecule has 7 nitrogen and oxygen atoms in total. The van der Waals surface area contributed by atoms with Crippen molar-refractivity contribution in [2.24, 2.45) is 0 Å². The van der Waals surface area contributed by atoms with Crippen LogP contribution < -0.4 is 0 Å². The fraction of sp³-hybridized carbons (Fsp3) is 0.429. The van der Waals surface area contributed by atoms with Crippen molar-refractivity contribution in [3.63, 3.8) is 0 Å². The van der Waals surface area contributed by atoms with Gasteiger partial charge >= 0.3 is 11.9 Å². The summed E-state index contributed by atoms with van der Waals surface area (Å²) in [5.74, 6) is -1.55. The first-order valence-corrected chi connectivity index (χ1v) is 10.0. The van der Waals surface area contributed by atoms with Gasteiger partial charge in [0.05, 0.1) is 37.6 Å². The second kappa shape index (κ2) is 11.6. The monoisotopic (exact) mass is 610 g/mol. The number of carbonyl (C=O) groups is 2. The Morgan fingerprint density at radius 2 is 1.12 bits per heavy atom. The number of carbonyl (C=O) groups excluding carboxylic acids is 2. The predicted molar refractivity (Wildman–Crippen MR) is 103 cm³/mol. The minimum atomic E-state index is -0.793. The van der Waals surface area contributed by atoms with Gasteiger partial charge in [0.25, 0.3) is 0 Å². The number of esters is 2. The third kappa shape index (κ3) is 6.26. The van der Waals surface area contributed by atoms with Gasteiger partial charge in [0.2, 0.25) is 0 Å². The van der Waals surface area contributed by atoms with Gasteiger partial charge < -0.3 is 24.4 Å². The third-order valence-electron chi connectivity index (χ3n) is 2.70. The Bertz CT molecular complexity index is 636. The van der Waals surface area contributed by atoms with Crippen molar-refractivity contribution in [2.45, 2.75) is 0 Å². The smallest absolute Gasteiger partial charge is 0.340 e. The van der Waals surface area contributed by atoms with E-state index in [1.54, 1.807) is 0 Å². The first kappa shape index (κ1) is 23.0. The summed E-state index contributed by atoms with van der Waals surface area (Å²) >= 11 is 13.1. The molecule has 0 saturated carbocycles. The third-order valence-corrected chi connectivity index (χ3v) is 7.46. The Morgan fingerprint density at radius 1 is 0.680 bits per heavy atom.